The highest BCUT2D eigenvalue weighted by molar-refractivity contribution is 8.14. The minimum atomic E-state index is -0.222. The molecule has 1 heterocycles. The summed E-state index contributed by atoms with van der Waals surface area (Å²) in [5.41, 5.74) is 0.896. The van der Waals surface area contributed by atoms with Crippen molar-refractivity contribution in [3.05, 3.63) is 48.0 Å². The van der Waals surface area contributed by atoms with Gasteiger partial charge in [0.25, 0.3) is 0 Å². The highest BCUT2D eigenvalue weighted by Gasteiger charge is 2.07. The van der Waals surface area contributed by atoms with E-state index in [1.807, 2.05) is 51.1 Å². The summed E-state index contributed by atoms with van der Waals surface area (Å²) < 4.78 is 7.47. The topological polar surface area (TPSA) is 56.5 Å². The molecule has 2 aromatic rings. The van der Waals surface area contributed by atoms with E-state index in [1.54, 1.807) is 16.9 Å². The Morgan fingerprint density at radius 1 is 1.35 bits per heavy atom. The van der Waals surface area contributed by atoms with E-state index in [0.717, 1.165) is 12.1 Å². The zero-order chi connectivity index (χ0) is 16.7. The molecular formula is C17H21N3O2S. The molecule has 0 aliphatic carbocycles. The van der Waals surface area contributed by atoms with Crippen molar-refractivity contribution in [2.45, 2.75) is 32.4 Å². The fourth-order valence-electron chi connectivity index (χ4n) is 1.87. The van der Waals surface area contributed by atoms with E-state index in [4.69, 9.17) is 4.74 Å². The highest BCUT2D eigenvalue weighted by Crippen LogP contribution is 2.15. The van der Waals surface area contributed by atoms with E-state index in [9.17, 15) is 4.79 Å². The number of hydrogen-bond donors (Lipinski definition) is 0. The van der Waals surface area contributed by atoms with Crippen molar-refractivity contribution in [2.75, 3.05) is 6.61 Å². The highest BCUT2D eigenvalue weighted by atomic mass is 32.2. The zero-order valence-corrected chi connectivity index (χ0v) is 14.4. The van der Waals surface area contributed by atoms with Crippen molar-refractivity contribution in [1.29, 1.82) is 0 Å². The van der Waals surface area contributed by atoms with Crippen molar-refractivity contribution >= 4 is 17.0 Å². The quantitative estimate of drug-likeness (QED) is 0.835. The molecule has 1 aromatic carbocycles. The molecule has 122 valence electrons. The largest absolute Gasteiger partial charge is 0.478 e. The van der Waals surface area contributed by atoms with Crippen LogP contribution in [0.5, 0.6) is 5.88 Å². The second-order valence-corrected chi connectivity index (χ2v) is 6.72. The standard InChI is InChI=1S/C17H21N3O2S/c1-4-10-22-16-11-14(19-17(21)23-13(2)3)12-18-20(16)15-8-6-5-7-9-15/h5-9,11-13H,4,10H2,1-3H3. The van der Waals surface area contributed by atoms with Crippen molar-refractivity contribution in [1.82, 2.24) is 9.78 Å². The fraction of sp³-hybridized carbons (Fsp3) is 0.353. The summed E-state index contributed by atoms with van der Waals surface area (Å²) in [4.78, 5) is 15.9. The summed E-state index contributed by atoms with van der Waals surface area (Å²) in [5, 5.41) is 4.85. The lowest BCUT2D eigenvalue weighted by Crippen LogP contribution is -2.15. The number of rotatable bonds is 5. The number of para-hydroxylation sites is 1. The number of carbonyl (C=O) groups excluding carboxylic acids is 1. The molecule has 0 N–H and O–H groups in total. The average molecular weight is 331 g/mol. The molecule has 0 saturated carbocycles. The SMILES string of the molecule is CCCOc1cc(=NC(=O)SC(C)C)cnn1-c1ccccc1. The third-order valence-corrected chi connectivity index (χ3v) is 3.56. The van der Waals surface area contributed by atoms with Crippen LogP contribution >= 0.6 is 11.8 Å². The van der Waals surface area contributed by atoms with Gasteiger partial charge in [-0.3, -0.25) is 4.79 Å². The van der Waals surface area contributed by atoms with Gasteiger partial charge >= 0.3 is 5.24 Å². The van der Waals surface area contributed by atoms with Crippen molar-refractivity contribution in [3.8, 4) is 11.6 Å². The summed E-state index contributed by atoms with van der Waals surface area (Å²) in [7, 11) is 0. The van der Waals surface area contributed by atoms with Gasteiger partial charge in [0.1, 0.15) is 0 Å². The summed E-state index contributed by atoms with van der Waals surface area (Å²) in [6.45, 7) is 6.53. The van der Waals surface area contributed by atoms with E-state index in [0.29, 0.717) is 17.8 Å². The Bertz CT molecular complexity index is 711. The summed E-state index contributed by atoms with van der Waals surface area (Å²) in [6, 6.07) is 11.5. The van der Waals surface area contributed by atoms with Crippen LogP contribution in [0.15, 0.2) is 47.6 Å². The second kappa shape index (κ2) is 8.53. The third-order valence-electron chi connectivity index (χ3n) is 2.80. The Labute approximate surface area is 140 Å². The van der Waals surface area contributed by atoms with Crippen molar-refractivity contribution < 1.29 is 9.53 Å². The molecule has 0 radical (unpaired) electrons. The molecule has 1 aromatic heterocycles. The molecule has 0 bridgehead atoms. The summed E-state index contributed by atoms with van der Waals surface area (Å²) in [5.74, 6) is 0.571. The smallest absolute Gasteiger partial charge is 0.305 e. The van der Waals surface area contributed by atoms with E-state index < -0.39 is 0 Å². The molecule has 0 fully saturated rings. The maximum atomic E-state index is 11.8. The number of carbonyl (C=O) groups is 1. The molecule has 5 nitrogen and oxygen atoms in total. The average Bonchev–Trinajstić information content (AvgIpc) is 2.53. The van der Waals surface area contributed by atoms with Gasteiger partial charge in [0.15, 0.2) is 0 Å². The van der Waals surface area contributed by atoms with E-state index in [-0.39, 0.29) is 10.5 Å². The predicted molar refractivity (Wildman–Crippen MR) is 93.0 cm³/mol. The Balaban J connectivity index is 2.38. The van der Waals surface area contributed by atoms with Crippen molar-refractivity contribution in [3.63, 3.8) is 0 Å². The minimum Gasteiger partial charge on any atom is -0.478 e. The lowest BCUT2D eigenvalue weighted by molar-refractivity contribution is 0.266. The number of thioether (sulfide) groups is 1. The molecular weight excluding hydrogens is 310 g/mol. The normalized spacial score (nSPS) is 11.7. The summed E-state index contributed by atoms with van der Waals surface area (Å²) in [6.07, 6.45) is 2.46. The lowest BCUT2D eigenvalue weighted by Gasteiger charge is -2.12. The van der Waals surface area contributed by atoms with Gasteiger partial charge < -0.3 is 4.74 Å². The van der Waals surface area contributed by atoms with Crippen LogP contribution < -0.4 is 10.1 Å². The van der Waals surface area contributed by atoms with Gasteiger partial charge in [-0.2, -0.15) is 5.10 Å². The molecule has 0 unspecified atom stereocenters. The van der Waals surface area contributed by atoms with Crippen LogP contribution in [0.1, 0.15) is 27.2 Å². The molecule has 0 saturated heterocycles. The van der Waals surface area contributed by atoms with E-state index >= 15 is 0 Å². The molecule has 0 aliphatic heterocycles. The molecule has 0 atom stereocenters. The molecule has 1 amide bonds. The van der Waals surface area contributed by atoms with E-state index in [1.165, 1.54) is 11.8 Å². The Morgan fingerprint density at radius 2 is 2.09 bits per heavy atom. The van der Waals surface area contributed by atoms with Crippen LogP contribution in [0, 0.1) is 0 Å². The lowest BCUT2D eigenvalue weighted by atomic mass is 10.3. The molecule has 23 heavy (non-hydrogen) atoms. The second-order valence-electron chi connectivity index (χ2n) is 5.19. The maximum Gasteiger partial charge on any atom is 0.305 e. The zero-order valence-electron chi connectivity index (χ0n) is 13.6. The first-order valence-electron chi connectivity index (χ1n) is 7.63. The maximum absolute atomic E-state index is 11.8. The Morgan fingerprint density at radius 3 is 2.74 bits per heavy atom. The van der Waals surface area contributed by atoms with Crippen LogP contribution in [0.2, 0.25) is 0 Å². The first kappa shape index (κ1) is 17.3. The first-order valence-corrected chi connectivity index (χ1v) is 8.51. The van der Waals surface area contributed by atoms with Crippen LogP contribution in [0.3, 0.4) is 0 Å². The molecule has 0 aliphatic rings. The van der Waals surface area contributed by atoms with Crippen molar-refractivity contribution in [2.24, 2.45) is 4.99 Å². The fourth-order valence-corrected chi connectivity index (χ4v) is 2.43. The number of aromatic nitrogens is 2. The van der Waals surface area contributed by atoms with Gasteiger partial charge in [0.2, 0.25) is 5.88 Å². The van der Waals surface area contributed by atoms with Crippen LogP contribution in [-0.2, 0) is 0 Å². The van der Waals surface area contributed by atoms with Gasteiger partial charge in [-0.05, 0) is 18.6 Å². The van der Waals surface area contributed by atoms with Gasteiger partial charge in [-0.15, -0.1) is 0 Å². The number of benzene rings is 1. The van der Waals surface area contributed by atoms with Gasteiger partial charge in [0, 0.05) is 11.3 Å². The Hall–Kier alpha value is -2.08. The third kappa shape index (κ3) is 5.25. The van der Waals surface area contributed by atoms with Crippen LogP contribution in [-0.4, -0.2) is 26.9 Å². The van der Waals surface area contributed by atoms with Crippen LogP contribution in [0.25, 0.3) is 5.69 Å². The van der Waals surface area contributed by atoms with Crippen LogP contribution in [0.4, 0.5) is 4.79 Å². The van der Waals surface area contributed by atoms with Gasteiger partial charge in [-0.1, -0.05) is 50.7 Å². The predicted octanol–water partition coefficient (Wildman–Crippen LogP) is 3.82. The number of nitrogens with zero attached hydrogens (tertiary/aromatic N) is 3. The van der Waals surface area contributed by atoms with E-state index in [2.05, 4.69) is 10.1 Å². The first-order chi connectivity index (χ1) is 11.1. The van der Waals surface area contributed by atoms with Gasteiger partial charge in [-0.25, -0.2) is 9.67 Å². The van der Waals surface area contributed by atoms with Gasteiger partial charge in [0.05, 0.1) is 23.8 Å². The minimum absolute atomic E-state index is 0.202. The monoisotopic (exact) mass is 331 g/mol. The molecule has 0 spiro atoms. The molecule has 6 heteroatoms. The molecule has 2 rings (SSSR count). The number of ether oxygens (including phenoxy) is 1. The number of hydrogen-bond acceptors (Lipinski definition) is 4. The number of amides is 1. The Kier molecular flexibility index (Phi) is 6.40. The summed E-state index contributed by atoms with van der Waals surface area (Å²) >= 11 is 1.19.